The van der Waals surface area contributed by atoms with Crippen molar-refractivity contribution in [2.75, 3.05) is 0 Å². The van der Waals surface area contributed by atoms with E-state index in [1.165, 1.54) is 0 Å². The number of alkyl halides is 3. The fourth-order valence-electron chi connectivity index (χ4n) is 3.99. The van der Waals surface area contributed by atoms with Gasteiger partial charge in [-0.1, -0.05) is 66.7 Å². The lowest BCUT2D eigenvalue weighted by molar-refractivity contribution is -0.137. The van der Waals surface area contributed by atoms with Crippen molar-refractivity contribution < 1.29 is 22.6 Å². The molecule has 1 saturated heterocycles. The van der Waals surface area contributed by atoms with Gasteiger partial charge in [0.25, 0.3) is 0 Å². The van der Waals surface area contributed by atoms with E-state index >= 15 is 0 Å². The zero-order chi connectivity index (χ0) is 22.0. The number of hydrogen-bond acceptors (Lipinski definition) is 2. The van der Waals surface area contributed by atoms with Gasteiger partial charge in [-0.3, -0.25) is 0 Å². The van der Waals surface area contributed by atoms with Gasteiger partial charge in [-0.25, -0.2) is 0 Å². The van der Waals surface area contributed by atoms with Gasteiger partial charge in [0.15, 0.2) is 0 Å². The van der Waals surface area contributed by atoms with Gasteiger partial charge in [0.2, 0.25) is 0 Å². The predicted octanol–water partition coefficient (Wildman–Crippen LogP) is 6.90. The van der Waals surface area contributed by atoms with Crippen LogP contribution in [-0.2, 0) is 22.3 Å². The molecule has 1 aliphatic heterocycles. The van der Waals surface area contributed by atoms with Crippen molar-refractivity contribution in [1.82, 2.24) is 0 Å². The fourth-order valence-corrected chi connectivity index (χ4v) is 3.99. The van der Waals surface area contributed by atoms with Crippen LogP contribution in [0.15, 0.2) is 78.9 Å². The number of rotatable bonds is 7. The Bertz CT molecular complexity index is 999. The Labute approximate surface area is 180 Å². The molecule has 3 aromatic rings. The van der Waals surface area contributed by atoms with E-state index in [0.717, 1.165) is 34.4 Å². The van der Waals surface area contributed by atoms with E-state index < -0.39 is 11.7 Å². The normalized spacial score (nSPS) is 20.3. The second-order valence-corrected chi connectivity index (χ2v) is 8.03. The van der Waals surface area contributed by atoms with E-state index in [9.17, 15) is 13.2 Å². The average molecular weight is 426 g/mol. The van der Waals surface area contributed by atoms with Crippen LogP contribution in [-0.4, -0.2) is 12.2 Å². The summed E-state index contributed by atoms with van der Waals surface area (Å²) in [4.78, 5) is 0. The maximum atomic E-state index is 13.0. The Balaban J connectivity index is 1.53. The molecule has 0 amide bonds. The molecule has 0 saturated carbocycles. The third kappa shape index (κ3) is 5.17. The number of halogens is 3. The standard InChI is InChI=1S/C26H25F3O2/c1-17(30-16-19-7-6-10-22(15-19)25-18(2)31-25)24(20-8-4-3-5-9-20)21-11-13-23(14-12-21)26(27,28)29/h3-15,17-18,24-25H,16H2,1-2H3/t17-,18-,24-,25+/m0/s1. The number of hydrogen-bond donors (Lipinski definition) is 0. The zero-order valence-corrected chi connectivity index (χ0v) is 17.5. The molecule has 31 heavy (non-hydrogen) atoms. The van der Waals surface area contributed by atoms with E-state index in [2.05, 4.69) is 12.1 Å². The highest BCUT2D eigenvalue weighted by Gasteiger charge is 2.35. The molecule has 1 fully saturated rings. The van der Waals surface area contributed by atoms with E-state index in [1.807, 2.05) is 56.3 Å². The maximum absolute atomic E-state index is 13.0. The van der Waals surface area contributed by atoms with Gasteiger partial charge in [0.05, 0.1) is 24.4 Å². The van der Waals surface area contributed by atoms with Crippen LogP contribution >= 0.6 is 0 Å². The van der Waals surface area contributed by atoms with Gasteiger partial charge in [0, 0.05) is 5.92 Å². The minimum Gasteiger partial charge on any atom is -0.373 e. The fraction of sp³-hybridized carbons (Fsp3) is 0.308. The van der Waals surface area contributed by atoms with Gasteiger partial charge in [-0.2, -0.15) is 13.2 Å². The van der Waals surface area contributed by atoms with Crippen LogP contribution in [0.3, 0.4) is 0 Å². The molecule has 4 atom stereocenters. The van der Waals surface area contributed by atoms with Crippen molar-refractivity contribution in [2.24, 2.45) is 0 Å². The molecule has 3 aromatic carbocycles. The Kier molecular flexibility index (Phi) is 6.17. The lowest BCUT2D eigenvalue weighted by atomic mass is 9.86. The summed E-state index contributed by atoms with van der Waals surface area (Å²) in [6.45, 7) is 4.43. The molecule has 0 radical (unpaired) electrons. The van der Waals surface area contributed by atoms with Gasteiger partial charge < -0.3 is 9.47 Å². The largest absolute Gasteiger partial charge is 0.416 e. The molecule has 2 nitrogen and oxygen atoms in total. The van der Waals surface area contributed by atoms with Crippen LogP contribution in [0, 0.1) is 0 Å². The third-order valence-electron chi connectivity index (χ3n) is 5.73. The Morgan fingerprint density at radius 2 is 1.55 bits per heavy atom. The first-order valence-electron chi connectivity index (χ1n) is 10.4. The molecule has 1 aliphatic rings. The van der Waals surface area contributed by atoms with E-state index in [-0.39, 0.29) is 24.2 Å². The quantitative estimate of drug-likeness (QED) is 0.383. The van der Waals surface area contributed by atoms with Crippen LogP contribution < -0.4 is 0 Å². The first-order chi connectivity index (χ1) is 14.8. The number of epoxide rings is 1. The summed E-state index contributed by atoms with van der Waals surface area (Å²) in [5, 5.41) is 0. The van der Waals surface area contributed by atoms with Crippen molar-refractivity contribution in [3.8, 4) is 0 Å². The Hall–Kier alpha value is -2.63. The molecule has 0 aromatic heterocycles. The molecule has 0 bridgehead atoms. The minimum atomic E-state index is -4.35. The highest BCUT2D eigenvalue weighted by Crippen LogP contribution is 2.38. The van der Waals surface area contributed by atoms with Gasteiger partial charge in [-0.05, 0) is 48.2 Å². The SMILES string of the molecule is C[C@H](OCc1cccc([C@@H]2O[C@H]2C)c1)[C@@H](c1ccccc1)c1ccc(C(F)(F)F)cc1. The van der Waals surface area contributed by atoms with Crippen molar-refractivity contribution in [3.05, 3.63) is 107 Å². The van der Waals surface area contributed by atoms with E-state index in [1.54, 1.807) is 12.1 Å². The lowest BCUT2D eigenvalue weighted by Crippen LogP contribution is -2.20. The summed E-state index contributed by atoms with van der Waals surface area (Å²) in [6.07, 6.45) is -4.19. The van der Waals surface area contributed by atoms with Crippen LogP contribution in [0.2, 0.25) is 0 Å². The number of ether oxygens (including phenoxy) is 2. The Morgan fingerprint density at radius 1 is 0.903 bits per heavy atom. The first-order valence-corrected chi connectivity index (χ1v) is 10.4. The maximum Gasteiger partial charge on any atom is 0.416 e. The Morgan fingerprint density at radius 3 is 2.16 bits per heavy atom. The monoisotopic (exact) mass is 426 g/mol. The minimum absolute atomic E-state index is 0.154. The molecular weight excluding hydrogens is 401 g/mol. The number of benzene rings is 3. The lowest BCUT2D eigenvalue weighted by Gasteiger charge is -2.26. The van der Waals surface area contributed by atoms with E-state index in [4.69, 9.17) is 9.47 Å². The van der Waals surface area contributed by atoms with Crippen molar-refractivity contribution in [2.45, 2.75) is 50.9 Å². The second-order valence-electron chi connectivity index (χ2n) is 8.03. The summed E-state index contributed by atoms with van der Waals surface area (Å²) in [6, 6.07) is 23.3. The van der Waals surface area contributed by atoms with Crippen molar-refractivity contribution >= 4 is 0 Å². The van der Waals surface area contributed by atoms with Gasteiger partial charge in [0.1, 0.15) is 6.10 Å². The van der Waals surface area contributed by atoms with Gasteiger partial charge >= 0.3 is 6.18 Å². The molecule has 0 unspecified atom stereocenters. The molecule has 4 rings (SSSR count). The topological polar surface area (TPSA) is 21.8 Å². The molecule has 0 N–H and O–H groups in total. The molecule has 0 aliphatic carbocycles. The van der Waals surface area contributed by atoms with Crippen LogP contribution in [0.1, 0.15) is 53.7 Å². The molecule has 5 heteroatoms. The third-order valence-corrected chi connectivity index (χ3v) is 5.73. The second kappa shape index (κ2) is 8.85. The molecular formula is C26H25F3O2. The summed E-state index contributed by atoms with van der Waals surface area (Å²) in [5.74, 6) is -0.182. The van der Waals surface area contributed by atoms with E-state index in [0.29, 0.717) is 6.61 Å². The first kappa shape index (κ1) is 21.6. The highest BCUT2D eigenvalue weighted by atomic mass is 19.4. The predicted molar refractivity (Wildman–Crippen MR) is 114 cm³/mol. The van der Waals surface area contributed by atoms with Gasteiger partial charge in [-0.15, -0.1) is 0 Å². The van der Waals surface area contributed by atoms with Crippen molar-refractivity contribution in [1.29, 1.82) is 0 Å². The van der Waals surface area contributed by atoms with Crippen LogP contribution in [0.25, 0.3) is 0 Å². The zero-order valence-electron chi connectivity index (χ0n) is 17.5. The highest BCUT2D eigenvalue weighted by molar-refractivity contribution is 5.36. The molecule has 1 heterocycles. The molecule has 0 spiro atoms. The summed E-state index contributed by atoms with van der Waals surface area (Å²) < 4.78 is 50.8. The summed E-state index contributed by atoms with van der Waals surface area (Å²) in [7, 11) is 0. The average Bonchev–Trinajstić information content (AvgIpc) is 3.50. The van der Waals surface area contributed by atoms with Crippen LogP contribution in [0.5, 0.6) is 0 Å². The smallest absolute Gasteiger partial charge is 0.373 e. The summed E-state index contributed by atoms with van der Waals surface area (Å²) >= 11 is 0. The molecule has 162 valence electrons. The van der Waals surface area contributed by atoms with Crippen LogP contribution in [0.4, 0.5) is 13.2 Å². The summed E-state index contributed by atoms with van der Waals surface area (Å²) in [5.41, 5.74) is 3.34. The van der Waals surface area contributed by atoms with Crippen molar-refractivity contribution in [3.63, 3.8) is 0 Å².